The van der Waals surface area contributed by atoms with E-state index in [0.717, 1.165) is 21.3 Å². The predicted octanol–water partition coefficient (Wildman–Crippen LogP) is 3.90. The summed E-state index contributed by atoms with van der Waals surface area (Å²) in [5.41, 5.74) is 3.21. The summed E-state index contributed by atoms with van der Waals surface area (Å²) in [7, 11) is 0. The van der Waals surface area contributed by atoms with Crippen molar-refractivity contribution in [2.75, 3.05) is 11.9 Å². The van der Waals surface area contributed by atoms with Crippen LogP contribution in [0.2, 0.25) is 0 Å². The SMILES string of the molecule is Cc1ccc(C)c(NC(=O)COc2ccc(Br)cc2C=O)c1. The maximum atomic E-state index is 12.0. The molecule has 5 heteroatoms. The molecule has 0 saturated carbocycles. The molecule has 0 spiro atoms. The first-order valence-corrected chi connectivity index (χ1v) is 7.53. The van der Waals surface area contributed by atoms with Crippen LogP contribution in [0.4, 0.5) is 5.69 Å². The maximum Gasteiger partial charge on any atom is 0.262 e. The molecule has 1 N–H and O–H groups in total. The molecule has 0 aliphatic heterocycles. The Labute approximate surface area is 137 Å². The van der Waals surface area contributed by atoms with Gasteiger partial charge in [0, 0.05) is 10.2 Å². The van der Waals surface area contributed by atoms with E-state index in [1.54, 1.807) is 18.2 Å². The average Bonchev–Trinajstić information content (AvgIpc) is 2.49. The highest BCUT2D eigenvalue weighted by atomic mass is 79.9. The van der Waals surface area contributed by atoms with Crippen molar-refractivity contribution in [3.05, 3.63) is 57.6 Å². The van der Waals surface area contributed by atoms with E-state index < -0.39 is 0 Å². The zero-order valence-electron chi connectivity index (χ0n) is 12.4. The van der Waals surface area contributed by atoms with Crippen LogP contribution in [0.1, 0.15) is 21.5 Å². The molecule has 2 aromatic carbocycles. The summed E-state index contributed by atoms with van der Waals surface area (Å²) < 4.78 is 6.20. The number of hydrogen-bond acceptors (Lipinski definition) is 3. The number of amides is 1. The highest BCUT2D eigenvalue weighted by molar-refractivity contribution is 9.10. The van der Waals surface area contributed by atoms with Crippen LogP contribution in [0.15, 0.2) is 40.9 Å². The van der Waals surface area contributed by atoms with E-state index in [1.165, 1.54) is 0 Å². The van der Waals surface area contributed by atoms with E-state index >= 15 is 0 Å². The minimum Gasteiger partial charge on any atom is -0.483 e. The summed E-state index contributed by atoms with van der Waals surface area (Å²) in [6.45, 7) is 3.73. The fourth-order valence-corrected chi connectivity index (χ4v) is 2.32. The van der Waals surface area contributed by atoms with Gasteiger partial charge in [-0.3, -0.25) is 9.59 Å². The van der Waals surface area contributed by atoms with Crippen molar-refractivity contribution in [1.29, 1.82) is 0 Å². The van der Waals surface area contributed by atoms with Gasteiger partial charge in [-0.05, 0) is 49.2 Å². The highest BCUT2D eigenvalue weighted by Gasteiger charge is 2.09. The number of halogens is 1. The van der Waals surface area contributed by atoms with Crippen molar-refractivity contribution in [1.82, 2.24) is 0 Å². The van der Waals surface area contributed by atoms with E-state index in [1.807, 2.05) is 32.0 Å². The summed E-state index contributed by atoms with van der Waals surface area (Å²) in [5, 5.41) is 2.81. The van der Waals surface area contributed by atoms with Gasteiger partial charge in [0.15, 0.2) is 12.9 Å². The zero-order chi connectivity index (χ0) is 16.1. The van der Waals surface area contributed by atoms with Crippen LogP contribution in [0.3, 0.4) is 0 Å². The number of carbonyl (C=O) groups is 2. The van der Waals surface area contributed by atoms with Crippen molar-refractivity contribution in [3.63, 3.8) is 0 Å². The number of hydrogen-bond donors (Lipinski definition) is 1. The van der Waals surface area contributed by atoms with Gasteiger partial charge < -0.3 is 10.1 Å². The van der Waals surface area contributed by atoms with E-state index in [0.29, 0.717) is 17.6 Å². The molecule has 0 fully saturated rings. The minimum atomic E-state index is -0.270. The molecule has 2 rings (SSSR count). The molecule has 0 atom stereocenters. The van der Waals surface area contributed by atoms with Crippen LogP contribution in [-0.2, 0) is 4.79 Å². The molecule has 0 unspecified atom stereocenters. The third-order valence-corrected chi connectivity index (χ3v) is 3.62. The largest absolute Gasteiger partial charge is 0.483 e. The molecule has 0 aliphatic carbocycles. The number of carbonyl (C=O) groups excluding carboxylic acids is 2. The Hall–Kier alpha value is -2.14. The maximum absolute atomic E-state index is 12.0. The Morgan fingerprint density at radius 3 is 2.73 bits per heavy atom. The second-order valence-electron chi connectivity index (χ2n) is 4.96. The quantitative estimate of drug-likeness (QED) is 0.821. The van der Waals surface area contributed by atoms with Crippen molar-refractivity contribution in [2.24, 2.45) is 0 Å². The molecule has 0 aliphatic rings. The van der Waals surface area contributed by atoms with Crippen LogP contribution >= 0.6 is 15.9 Å². The van der Waals surface area contributed by atoms with Gasteiger partial charge in [0.05, 0.1) is 5.56 Å². The molecule has 0 aromatic heterocycles. The van der Waals surface area contributed by atoms with Crippen molar-refractivity contribution in [3.8, 4) is 5.75 Å². The molecule has 0 bridgehead atoms. The average molecular weight is 362 g/mol. The third-order valence-electron chi connectivity index (χ3n) is 3.12. The summed E-state index contributed by atoms with van der Waals surface area (Å²) in [4.78, 5) is 23.0. The number of benzene rings is 2. The van der Waals surface area contributed by atoms with Gasteiger partial charge in [-0.1, -0.05) is 28.1 Å². The van der Waals surface area contributed by atoms with Gasteiger partial charge in [0.1, 0.15) is 5.75 Å². The number of aryl methyl sites for hydroxylation is 2. The van der Waals surface area contributed by atoms with Gasteiger partial charge in [0.25, 0.3) is 5.91 Å². The Balaban J connectivity index is 2.01. The van der Waals surface area contributed by atoms with Crippen molar-refractivity contribution < 1.29 is 14.3 Å². The molecule has 4 nitrogen and oxygen atoms in total. The fourth-order valence-electron chi connectivity index (χ4n) is 1.94. The molecule has 1 amide bonds. The van der Waals surface area contributed by atoms with E-state index in [2.05, 4.69) is 21.2 Å². The van der Waals surface area contributed by atoms with Crippen LogP contribution in [0.25, 0.3) is 0 Å². The lowest BCUT2D eigenvalue weighted by Crippen LogP contribution is -2.21. The Morgan fingerprint density at radius 1 is 1.23 bits per heavy atom. The predicted molar refractivity (Wildman–Crippen MR) is 89.6 cm³/mol. The van der Waals surface area contributed by atoms with Crippen LogP contribution < -0.4 is 10.1 Å². The van der Waals surface area contributed by atoms with Crippen LogP contribution in [0, 0.1) is 13.8 Å². The Morgan fingerprint density at radius 2 is 2.00 bits per heavy atom. The van der Waals surface area contributed by atoms with Gasteiger partial charge in [-0.25, -0.2) is 0 Å². The second kappa shape index (κ2) is 7.22. The first-order valence-electron chi connectivity index (χ1n) is 6.74. The smallest absolute Gasteiger partial charge is 0.262 e. The number of aldehydes is 1. The molecule has 2 aromatic rings. The van der Waals surface area contributed by atoms with Crippen molar-refractivity contribution in [2.45, 2.75) is 13.8 Å². The standard InChI is InChI=1S/C17H16BrNO3/c1-11-3-4-12(2)15(7-11)19-17(21)10-22-16-6-5-14(18)8-13(16)9-20/h3-9H,10H2,1-2H3,(H,19,21). The molecule has 0 heterocycles. The minimum absolute atomic E-state index is 0.157. The van der Waals surface area contributed by atoms with E-state index in [4.69, 9.17) is 4.74 Å². The van der Waals surface area contributed by atoms with Crippen molar-refractivity contribution >= 4 is 33.8 Å². The van der Waals surface area contributed by atoms with Crippen LogP contribution in [-0.4, -0.2) is 18.8 Å². The molecular weight excluding hydrogens is 346 g/mol. The third kappa shape index (κ3) is 4.18. The number of nitrogens with one attached hydrogen (secondary N) is 1. The molecular formula is C17H16BrNO3. The Bertz CT molecular complexity index is 713. The Kier molecular flexibility index (Phi) is 5.33. The van der Waals surface area contributed by atoms with E-state index in [-0.39, 0.29) is 12.5 Å². The molecule has 0 saturated heterocycles. The summed E-state index contributed by atoms with van der Waals surface area (Å²) in [6.07, 6.45) is 0.697. The number of anilines is 1. The first kappa shape index (κ1) is 16.2. The fraction of sp³-hybridized carbons (Fsp3) is 0.176. The lowest BCUT2D eigenvalue weighted by atomic mass is 10.1. The lowest BCUT2D eigenvalue weighted by Gasteiger charge is -2.11. The van der Waals surface area contributed by atoms with Gasteiger partial charge in [-0.15, -0.1) is 0 Å². The van der Waals surface area contributed by atoms with E-state index in [9.17, 15) is 9.59 Å². The molecule has 0 radical (unpaired) electrons. The topological polar surface area (TPSA) is 55.4 Å². The normalized spacial score (nSPS) is 10.1. The second-order valence-corrected chi connectivity index (χ2v) is 5.87. The molecule has 22 heavy (non-hydrogen) atoms. The number of ether oxygens (including phenoxy) is 1. The van der Waals surface area contributed by atoms with Crippen LogP contribution in [0.5, 0.6) is 5.75 Å². The summed E-state index contributed by atoms with van der Waals surface area (Å²) in [6, 6.07) is 10.9. The monoisotopic (exact) mass is 361 g/mol. The van der Waals surface area contributed by atoms with Gasteiger partial charge in [0.2, 0.25) is 0 Å². The number of rotatable bonds is 5. The summed E-state index contributed by atoms with van der Waals surface area (Å²) in [5.74, 6) is 0.114. The highest BCUT2D eigenvalue weighted by Crippen LogP contribution is 2.22. The summed E-state index contributed by atoms with van der Waals surface area (Å²) >= 11 is 3.28. The van der Waals surface area contributed by atoms with Gasteiger partial charge in [-0.2, -0.15) is 0 Å². The molecule has 114 valence electrons. The first-order chi connectivity index (χ1) is 10.5. The lowest BCUT2D eigenvalue weighted by molar-refractivity contribution is -0.118. The van der Waals surface area contributed by atoms with Gasteiger partial charge >= 0.3 is 0 Å². The zero-order valence-corrected chi connectivity index (χ0v) is 13.9.